The molecule has 2 rings (SSSR count). The highest BCUT2D eigenvalue weighted by molar-refractivity contribution is 7.92. The molecule has 2 heterocycles. The summed E-state index contributed by atoms with van der Waals surface area (Å²) in [5.41, 5.74) is 4.51. The summed E-state index contributed by atoms with van der Waals surface area (Å²) in [7, 11) is -2.62. The van der Waals surface area contributed by atoms with E-state index in [1.165, 1.54) is 25.8 Å². The molecular formula is C14H22F2N4O3S. The van der Waals surface area contributed by atoms with Crippen molar-refractivity contribution in [3.8, 4) is 0 Å². The average molecular weight is 364 g/mol. The number of amides is 2. The van der Waals surface area contributed by atoms with Crippen LogP contribution in [0.1, 0.15) is 38.8 Å². The maximum absolute atomic E-state index is 13.1. The Morgan fingerprint density at radius 1 is 1.38 bits per heavy atom. The van der Waals surface area contributed by atoms with Gasteiger partial charge >= 0.3 is 6.03 Å². The molecule has 1 fully saturated rings. The van der Waals surface area contributed by atoms with Gasteiger partial charge in [0.25, 0.3) is 6.43 Å². The van der Waals surface area contributed by atoms with E-state index < -0.39 is 37.6 Å². The van der Waals surface area contributed by atoms with Crippen molar-refractivity contribution < 1.29 is 22.0 Å². The number of alkyl halides is 2. The molecule has 7 nitrogen and oxygen atoms in total. The zero-order valence-electron chi connectivity index (χ0n) is 13.9. The Kier molecular flexibility index (Phi) is 4.89. The van der Waals surface area contributed by atoms with Gasteiger partial charge in [-0.05, 0) is 32.6 Å². The van der Waals surface area contributed by atoms with Gasteiger partial charge in [-0.1, -0.05) is 0 Å². The number of aromatic nitrogens is 2. The zero-order chi connectivity index (χ0) is 18.3. The molecule has 0 radical (unpaired) electrons. The summed E-state index contributed by atoms with van der Waals surface area (Å²) < 4.78 is 52.1. The number of primary amides is 1. The van der Waals surface area contributed by atoms with Gasteiger partial charge < -0.3 is 10.6 Å². The van der Waals surface area contributed by atoms with E-state index in [1.54, 1.807) is 0 Å². The van der Waals surface area contributed by atoms with Crippen LogP contribution in [0.5, 0.6) is 0 Å². The van der Waals surface area contributed by atoms with Gasteiger partial charge in [-0.25, -0.2) is 22.0 Å². The quantitative estimate of drug-likeness (QED) is 0.879. The van der Waals surface area contributed by atoms with E-state index in [2.05, 4.69) is 5.10 Å². The Morgan fingerprint density at radius 3 is 2.38 bits per heavy atom. The molecule has 10 heteroatoms. The van der Waals surface area contributed by atoms with Gasteiger partial charge in [0.1, 0.15) is 10.6 Å². The lowest BCUT2D eigenvalue weighted by atomic mass is 9.86. The van der Waals surface area contributed by atoms with Crippen LogP contribution in [0.3, 0.4) is 0 Å². The second-order valence-corrected chi connectivity index (χ2v) is 9.06. The van der Waals surface area contributed by atoms with Crippen LogP contribution in [0.2, 0.25) is 0 Å². The number of rotatable bonds is 4. The Balaban J connectivity index is 2.33. The number of likely N-dealkylation sites (tertiary alicyclic amines) is 1. The monoisotopic (exact) mass is 364 g/mol. The minimum atomic E-state index is -4.03. The first-order chi connectivity index (χ1) is 11.0. The van der Waals surface area contributed by atoms with Gasteiger partial charge in [0.05, 0.1) is 4.75 Å². The molecule has 24 heavy (non-hydrogen) atoms. The van der Waals surface area contributed by atoms with Crippen LogP contribution in [-0.2, 0) is 16.9 Å². The highest BCUT2D eigenvalue weighted by atomic mass is 32.2. The third kappa shape index (κ3) is 3.11. The van der Waals surface area contributed by atoms with Gasteiger partial charge in [0, 0.05) is 26.3 Å². The van der Waals surface area contributed by atoms with E-state index in [1.807, 2.05) is 0 Å². The Bertz CT molecular complexity index is 722. The summed E-state index contributed by atoms with van der Waals surface area (Å²) in [6.07, 6.45) is -0.959. The number of carbonyl (C=O) groups is 1. The third-order valence-electron chi connectivity index (χ3n) is 4.80. The number of carbonyl (C=O) groups excluding carboxylic acids is 1. The van der Waals surface area contributed by atoms with Crippen molar-refractivity contribution in [1.29, 1.82) is 0 Å². The number of hydrogen-bond acceptors (Lipinski definition) is 4. The maximum Gasteiger partial charge on any atom is 0.314 e. The second kappa shape index (κ2) is 6.30. The summed E-state index contributed by atoms with van der Waals surface area (Å²) in [5, 5.41) is 3.59. The molecule has 2 N–H and O–H groups in total. The molecule has 1 aromatic heterocycles. The van der Waals surface area contributed by atoms with Crippen molar-refractivity contribution in [1.82, 2.24) is 14.7 Å². The van der Waals surface area contributed by atoms with Gasteiger partial charge in [0.15, 0.2) is 9.84 Å². The second-order valence-electron chi connectivity index (χ2n) is 6.56. The molecule has 1 saturated heterocycles. The van der Waals surface area contributed by atoms with Gasteiger partial charge in [0.2, 0.25) is 0 Å². The highest BCUT2D eigenvalue weighted by Gasteiger charge is 2.46. The molecule has 1 aromatic rings. The number of nitrogens with zero attached hydrogens (tertiary/aromatic N) is 3. The summed E-state index contributed by atoms with van der Waals surface area (Å²) >= 11 is 0. The summed E-state index contributed by atoms with van der Waals surface area (Å²) in [6, 6.07) is -0.540. The fourth-order valence-electron chi connectivity index (χ4n) is 3.14. The molecule has 1 aliphatic rings. The van der Waals surface area contributed by atoms with Gasteiger partial charge in [-0.2, -0.15) is 5.10 Å². The predicted octanol–water partition coefficient (Wildman–Crippen LogP) is 1.70. The van der Waals surface area contributed by atoms with Crippen molar-refractivity contribution in [2.75, 3.05) is 13.1 Å². The molecule has 1 aliphatic heterocycles. The van der Waals surface area contributed by atoms with Crippen molar-refractivity contribution in [2.45, 2.75) is 42.8 Å². The highest BCUT2D eigenvalue weighted by Crippen LogP contribution is 2.40. The maximum atomic E-state index is 13.1. The van der Waals surface area contributed by atoms with E-state index in [4.69, 9.17) is 5.73 Å². The Morgan fingerprint density at radius 2 is 1.92 bits per heavy atom. The normalized spacial score (nSPS) is 17.5. The fourth-order valence-corrected chi connectivity index (χ4v) is 5.08. The van der Waals surface area contributed by atoms with Crippen molar-refractivity contribution >= 4 is 15.9 Å². The Labute approximate surface area is 139 Å². The van der Waals surface area contributed by atoms with Crippen LogP contribution in [0.4, 0.5) is 13.6 Å². The standard InChI is InChI=1S/C14H22F2N4O3S/c1-14(2,9-4-6-20(7-5-9)13(17)21)24(22,23)10-8-19(3)18-11(10)12(15)16/h8-9,12H,4-7H2,1-3H3,(H2,17,21). The summed E-state index contributed by atoms with van der Waals surface area (Å²) in [6.45, 7) is 3.78. The number of halogens is 2. The number of sulfone groups is 1. The van der Waals surface area contributed by atoms with E-state index in [0.717, 1.165) is 10.9 Å². The molecule has 0 aromatic carbocycles. The van der Waals surface area contributed by atoms with Crippen LogP contribution in [0.15, 0.2) is 11.1 Å². The first-order valence-corrected chi connectivity index (χ1v) is 9.07. The molecular weight excluding hydrogens is 342 g/mol. The van der Waals surface area contributed by atoms with E-state index in [-0.39, 0.29) is 5.92 Å². The lowest BCUT2D eigenvalue weighted by Gasteiger charge is -2.39. The largest absolute Gasteiger partial charge is 0.351 e. The minimum Gasteiger partial charge on any atom is -0.351 e. The number of nitrogens with two attached hydrogens (primary N) is 1. The van der Waals surface area contributed by atoms with E-state index in [0.29, 0.717) is 25.9 Å². The fraction of sp³-hybridized carbons (Fsp3) is 0.714. The number of piperidine rings is 1. The van der Waals surface area contributed by atoms with Crippen molar-refractivity contribution in [3.63, 3.8) is 0 Å². The van der Waals surface area contributed by atoms with Gasteiger partial charge in [-0.15, -0.1) is 0 Å². The minimum absolute atomic E-state index is 0.274. The zero-order valence-corrected chi connectivity index (χ0v) is 14.7. The molecule has 2 amide bonds. The summed E-state index contributed by atoms with van der Waals surface area (Å²) in [4.78, 5) is 12.2. The first-order valence-electron chi connectivity index (χ1n) is 7.59. The average Bonchev–Trinajstić information content (AvgIpc) is 2.90. The lowest BCUT2D eigenvalue weighted by Crippen LogP contribution is -2.48. The van der Waals surface area contributed by atoms with Crippen molar-refractivity contribution in [3.05, 3.63) is 11.9 Å². The smallest absolute Gasteiger partial charge is 0.314 e. The summed E-state index contributed by atoms with van der Waals surface area (Å²) in [5.74, 6) is -0.274. The number of aryl methyl sites for hydroxylation is 1. The van der Waals surface area contributed by atoms with Crippen molar-refractivity contribution in [2.24, 2.45) is 18.7 Å². The van der Waals surface area contributed by atoms with Crippen LogP contribution in [-0.4, -0.2) is 47.0 Å². The Hall–Kier alpha value is -1.71. The number of urea groups is 1. The molecule has 0 unspecified atom stereocenters. The molecule has 0 aliphatic carbocycles. The van der Waals surface area contributed by atoms with Crippen LogP contribution in [0, 0.1) is 5.92 Å². The molecule has 0 spiro atoms. The molecule has 136 valence electrons. The lowest BCUT2D eigenvalue weighted by molar-refractivity contribution is 0.141. The third-order valence-corrected chi connectivity index (χ3v) is 7.41. The SMILES string of the molecule is Cn1cc(S(=O)(=O)C(C)(C)C2CCN(C(N)=O)CC2)c(C(F)F)n1. The molecule has 0 saturated carbocycles. The van der Waals surface area contributed by atoms with Gasteiger partial charge in [-0.3, -0.25) is 4.68 Å². The predicted molar refractivity (Wildman–Crippen MR) is 83.3 cm³/mol. The molecule has 0 bridgehead atoms. The van der Waals surface area contributed by atoms with Crippen LogP contribution >= 0.6 is 0 Å². The topological polar surface area (TPSA) is 98.3 Å². The molecule has 0 atom stereocenters. The van der Waals surface area contributed by atoms with Crippen LogP contribution in [0.25, 0.3) is 0 Å². The van der Waals surface area contributed by atoms with E-state index in [9.17, 15) is 22.0 Å². The van der Waals surface area contributed by atoms with Crippen LogP contribution < -0.4 is 5.73 Å². The number of hydrogen-bond donors (Lipinski definition) is 1. The van der Waals surface area contributed by atoms with E-state index >= 15 is 0 Å². The first kappa shape index (κ1) is 18.6.